The van der Waals surface area contributed by atoms with E-state index in [1.807, 2.05) is 0 Å². The van der Waals surface area contributed by atoms with Crippen LogP contribution < -0.4 is 9.64 Å². The third-order valence-electron chi connectivity index (χ3n) is 2.87. The number of aromatic nitrogens is 1. The zero-order chi connectivity index (χ0) is 13.8. The SMILES string of the molecule is COC(=O)c1cc(N2CCOCC2)c(OC)nc1Br. The van der Waals surface area contributed by atoms with Crippen molar-refractivity contribution in [1.82, 2.24) is 4.98 Å². The molecule has 0 spiro atoms. The third-order valence-corrected chi connectivity index (χ3v) is 3.48. The van der Waals surface area contributed by atoms with E-state index in [0.29, 0.717) is 29.3 Å². The van der Waals surface area contributed by atoms with E-state index in [9.17, 15) is 4.79 Å². The monoisotopic (exact) mass is 330 g/mol. The summed E-state index contributed by atoms with van der Waals surface area (Å²) in [5, 5.41) is 0. The van der Waals surface area contributed by atoms with Gasteiger partial charge in [-0.15, -0.1) is 0 Å². The van der Waals surface area contributed by atoms with Gasteiger partial charge in [0, 0.05) is 13.1 Å². The summed E-state index contributed by atoms with van der Waals surface area (Å²) < 4.78 is 15.7. The lowest BCUT2D eigenvalue weighted by Crippen LogP contribution is -2.36. The highest BCUT2D eigenvalue weighted by Crippen LogP contribution is 2.31. The van der Waals surface area contributed by atoms with Crippen molar-refractivity contribution in [2.45, 2.75) is 0 Å². The molecule has 104 valence electrons. The highest BCUT2D eigenvalue weighted by atomic mass is 79.9. The number of hydrogen-bond acceptors (Lipinski definition) is 6. The van der Waals surface area contributed by atoms with Crippen LogP contribution in [0.1, 0.15) is 10.4 Å². The van der Waals surface area contributed by atoms with Crippen molar-refractivity contribution in [3.63, 3.8) is 0 Å². The van der Waals surface area contributed by atoms with Gasteiger partial charge < -0.3 is 19.1 Å². The van der Waals surface area contributed by atoms with E-state index >= 15 is 0 Å². The Bertz CT molecular complexity index is 475. The van der Waals surface area contributed by atoms with Gasteiger partial charge in [0.2, 0.25) is 5.88 Å². The number of carbonyl (C=O) groups excluding carboxylic acids is 1. The minimum absolute atomic E-state index is 0.379. The van der Waals surface area contributed by atoms with Crippen LogP contribution in [0.25, 0.3) is 0 Å². The maximum absolute atomic E-state index is 11.7. The first-order valence-electron chi connectivity index (χ1n) is 5.83. The molecule has 1 aliphatic rings. The highest BCUT2D eigenvalue weighted by molar-refractivity contribution is 9.10. The molecule has 2 rings (SSSR count). The van der Waals surface area contributed by atoms with Gasteiger partial charge in [0.25, 0.3) is 0 Å². The van der Waals surface area contributed by atoms with E-state index in [4.69, 9.17) is 14.2 Å². The molecule has 0 atom stereocenters. The van der Waals surface area contributed by atoms with Gasteiger partial charge in [-0.1, -0.05) is 0 Å². The Morgan fingerprint density at radius 2 is 2.11 bits per heavy atom. The number of nitrogens with zero attached hydrogens (tertiary/aromatic N) is 2. The minimum Gasteiger partial charge on any atom is -0.479 e. The number of anilines is 1. The Kier molecular flexibility index (Phi) is 4.60. The second-order valence-corrected chi connectivity index (χ2v) is 4.70. The molecule has 1 saturated heterocycles. The maximum Gasteiger partial charge on any atom is 0.340 e. The summed E-state index contributed by atoms with van der Waals surface area (Å²) in [6.45, 7) is 2.76. The Labute approximate surface area is 119 Å². The number of hydrogen-bond donors (Lipinski definition) is 0. The summed E-state index contributed by atoms with van der Waals surface area (Å²) in [5.41, 5.74) is 1.15. The van der Waals surface area contributed by atoms with Gasteiger partial charge in [-0.05, 0) is 22.0 Å². The average Bonchev–Trinajstić information content (AvgIpc) is 2.47. The Morgan fingerprint density at radius 1 is 1.42 bits per heavy atom. The van der Waals surface area contributed by atoms with Gasteiger partial charge in [-0.25, -0.2) is 9.78 Å². The van der Waals surface area contributed by atoms with E-state index in [0.717, 1.165) is 18.8 Å². The molecule has 0 N–H and O–H groups in total. The Morgan fingerprint density at radius 3 is 2.68 bits per heavy atom. The molecule has 1 aliphatic heterocycles. The molecule has 7 heteroatoms. The number of morpholine rings is 1. The van der Waals surface area contributed by atoms with Crippen molar-refractivity contribution >= 4 is 27.6 Å². The first-order chi connectivity index (χ1) is 9.17. The molecule has 0 amide bonds. The normalized spacial score (nSPS) is 15.2. The molecule has 0 saturated carbocycles. The molecule has 6 nitrogen and oxygen atoms in total. The van der Waals surface area contributed by atoms with Crippen LogP contribution in [-0.4, -0.2) is 51.5 Å². The van der Waals surface area contributed by atoms with Crippen LogP contribution in [0.2, 0.25) is 0 Å². The zero-order valence-corrected chi connectivity index (χ0v) is 12.4. The first kappa shape index (κ1) is 14.1. The van der Waals surface area contributed by atoms with Gasteiger partial charge in [0.15, 0.2) is 0 Å². The third kappa shape index (κ3) is 2.98. The van der Waals surface area contributed by atoms with Gasteiger partial charge in [0.1, 0.15) is 10.3 Å². The van der Waals surface area contributed by atoms with Crippen LogP contribution in [-0.2, 0) is 9.47 Å². The fourth-order valence-corrected chi connectivity index (χ4v) is 2.34. The number of halogens is 1. The topological polar surface area (TPSA) is 60.9 Å². The molecule has 1 fully saturated rings. The summed E-state index contributed by atoms with van der Waals surface area (Å²) in [5.74, 6) is 0.0398. The minimum atomic E-state index is -0.434. The summed E-state index contributed by atoms with van der Waals surface area (Å²) in [6, 6.07) is 1.73. The van der Waals surface area contributed by atoms with Crippen molar-refractivity contribution in [3.8, 4) is 5.88 Å². The predicted molar refractivity (Wildman–Crippen MR) is 72.9 cm³/mol. The molecule has 0 aliphatic carbocycles. The second kappa shape index (κ2) is 6.21. The summed E-state index contributed by atoms with van der Waals surface area (Å²) >= 11 is 3.25. The van der Waals surface area contributed by atoms with Crippen LogP contribution in [0.3, 0.4) is 0 Å². The standard InChI is InChI=1S/C12H15BrN2O4/c1-17-11-9(15-3-5-19-6-4-15)7-8(10(13)14-11)12(16)18-2/h7H,3-6H2,1-2H3. The van der Waals surface area contributed by atoms with Crippen molar-refractivity contribution < 1.29 is 19.0 Å². The van der Waals surface area contributed by atoms with Crippen LogP contribution >= 0.6 is 15.9 Å². The molecular formula is C12H15BrN2O4. The summed E-state index contributed by atoms with van der Waals surface area (Å²) in [7, 11) is 2.89. The van der Waals surface area contributed by atoms with Gasteiger partial charge in [-0.2, -0.15) is 0 Å². The highest BCUT2D eigenvalue weighted by Gasteiger charge is 2.22. The smallest absolute Gasteiger partial charge is 0.340 e. The number of ether oxygens (including phenoxy) is 3. The molecule has 0 bridgehead atoms. The Balaban J connectivity index is 2.41. The molecular weight excluding hydrogens is 316 g/mol. The molecule has 0 aromatic carbocycles. The number of rotatable bonds is 3. The van der Waals surface area contributed by atoms with Crippen molar-refractivity contribution in [2.24, 2.45) is 0 Å². The number of carbonyl (C=O) groups is 1. The predicted octanol–water partition coefficient (Wildman–Crippen LogP) is 1.48. The van der Waals surface area contributed by atoms with Gasteiger partial charge >= 0.3 is 5.97 Å². The van der Waals surface area contributed by atoms with Crippen molar-refractivity contribution in [3.05, 3.63) is 16.2 Å². The summed E-state index contributed by atoms with van der Waals surface area (Å²) in [4.78, 5) is 18.0. The van der Waals surface area contributed by atoms with E-state index in [-0.39, 0.29) is 0 Å². The van der Waals surface area contributed by atoms with Crippen LogP contribution in [0.5, 0.6) is 5.88 Å². The maximum atomic E-state index is 11.7. The average molecular weight is 331 g/mol. The lowest BCUT2D eigenvalue weighted by molar-refractivity contribution is 0.0599. The first-order valence-corrected chi connectivity index (χ1v) is 6.62. The van der Waals surface area contributed by atoms with Crippen LogP contribution in [0.15, 0.2) is 10.7 Å². The summed E-state index contributed by atoms with van der Waals surface area (Å²) in [6.07, 6.45) is 0. The van der Waals surface area contributed by atoms with Gasteiger partial charge in [0.05, 0.1) is 33.0 Å². The Hall–Kier alpha value is -1.34. The molecule has 0 unspecified atom stereocenters. The van der Waals surface area contributed by atoms with E-state index in [1.54, 1.807) is 13.2 Å². The number of esters is 1. The molecule has 2 heterocycles. The van der Waals surface area contributed by atoms with Crippen LogP contribution in [0.4, 0.5) is 5.69 Å². The largest absolute Gasteiger partial charge is 0.479 e. The fourth-order valence-electron chi connectivity index (χ4n) is 1.90. The molecule has 0 radical (unpaired) electrons. The fraction of sp³-hybridized carbons (Fsp3) is 0.500. The van der Waals surface area contributed by atoms with Crippen molar-refractivity contribution in [1.29, 1.82) is 0 Å². The van der Waals surface area contributed by atoms with Gasteiger partial charge in [-0.3, -0.25) is 0 Å². The van der Waals surface area contributed by atoms with E-state index < -0.39 is 5.97 Å². The van der Waals surface area contributed by atoms with E-state index in [1.165, 1.54) is 7.11 Å². The quantitative estimate of drug-likeness (QED) is 0.618. The van der Waals surface area contributed by atoms with Crippen molar-refractivity contribution in [2.75, 3.05) is 45.4 Å². The number of pyridine rings is 1. The lowest BCUT2D eigenvalue weighted by Gasteiger charge is -2.29. The zero-order valence-electron chi connectivity index (χ0n) is 10.8. The molecule has 19 heavy (non-hydrogen) atoms. The second-order valence-electron chi connectivity index (χ2n) is 3.95. The molecule has 1 aromatic rings. The number of methoxy groups -OCH3 is 2. The molecule has 1 aromatic heterocycles. The van der Waals surface area contributed by atoms with Crippen LogP contribution in [0, 0.1) is 0 Å². The van der Waals surface area contributed by atoms with E-state index in [2.05, 4.69) is 25.8 Å². The lowest BCUT2D eigenvalue weighted by atomic mass is 10.2.